The maximum atomic E-state index is 12.0. The summed E-state index contributed by atoms with van der Waals surface area (Å²) in [6.07, 6.45) is 0. The molecule has 5 heteroatoms. The van der Waals surface area contributed by atoms with Crippen molar-refractivity contribution >= 4 is 9.84 Å². The number of benzene rings is 1. The van der Waals surface area contributed by atoms with Crippen LogP contribution in [0.15, 0.2) is 12.1 Å². The van der Waals surface area contributed by atoms with E-state index in [0.29, 0.717) is 5.75 Å². The summed E-state index contributed by atoms with van der Waals surface area (Å²) in [7, 11) is -3.17. The summed E-state index contributed by atoms with van der Waals surface area (Å²) >= 11 is 0. The summed E-state index contributed by atoms with van der Waals surface area (Å²) in [5, 5.41) is 9.13. The van der Waals surface area contributed by atoms with Crippen LogP contribution in [0.3, 0.4) is 0 Å². The van der Waals surface area contributed by atoms with Crippen LogP contribution in [0.4, 0.5) is 0 Å². The molecule has 0 amide bonds. The lowest BCUT2D eigenvalue weighted by Gasteiger charge is -2.20. The summed E-state index contributed by atoms with van der Waals surface area (Å²) < 4.78 is 28.9. The van der Waals surface area contributed by atoms with Gasteiger partial charge in [0.1, 0.15) is 12.4 Å². The van der Waals surface area contributed by atoms with Gasteiger partial charge in [-0.1, -0.05) is 12.1 Å². The zero-order chi connectivity index (χ0) is 15.6. The molecule has 0 aliphatic rings. The second-order valence-corrected chi connectivity index (χ2v) is 8.86. The lowest BCUT2D eigenvalue weighted by Crippen LogP contribution is -2.32. The Kier molecular flexibility index (Phi) is 5.21. The van der Waals surface area contributed by atoms with Crippen molar-refractivity contribution in [2.75, 3.05) is 12.4 Å². The summed E-state index contributed by atoms with van der Waals surface area (Å²) in [4.78, 5) is 0. The fourth-order valence-electron chi connectivity index (χ4n) is 1.92. The summed E-state index contributed by atoms with van der Waals surface area (Å²) in [6.45, 7) is 8.97. The summed E-state index contributed by atoms with van der Waals surface area (Å²) in [5.41, 5.74) is 2.64. The molecular weight excluding hydrogens is 276 g/mol. The molecule has 0 atom stereocenters. The Morgan fingerprint density at radius 3 is 2.05 bits per heavy atom. The minimum absolute atomic E-state index is 0.00285. The normalized spacial score (nSPS) is 12.5. The Labute approximate surface area is 121 Å². The highest BCUT2D eigenvalue weighted by Crippen LogP contribution is 2.25. The molecule has 1 N–H and O–H groups in total. The molecule has 0 fully saturated rings. The molecule has 0 saturated heterocycles. The summed E-state index contributed by atoms with van der Waals surface area (Å²) in [5.74, 6) is 0.697. The Bertz CT molecular complexity index is 545. The molecule has 0 spiro atoms. The first kappa shape index (κ1) is 17.0. The number of ether oxygens (including phenoxy) is 1. The van der Waals surface area contributed by atoms with E-state index in [0.717, 1.165) is 16.7 Å². The molecule has 1 rings (SSSR count). The minimum Gasteiger partial charge on any atom is -0.492 e. The largest absolute Gasteiger partial charge is 0.492 e. The van der Waals surface area contributed by atoms with Crippen LogP contribution in [-0.4, -0.2) is 30.6 Å². The second kappa shape index (κ2) is 6.14. The SMILES string of the molecule is Cc1cc(CO)cc(C)c1OCCS(=O)(=O)C(C)(C)C. The lowest BCUT2D eigenvalue weighted by molar-refractivity contribution is 0.281. The van der Waals surface area contributed by atoms with E-state index in [9.17, 15) is 8.42 Å². The van der Waals surface area contributed by atoms with Gasteiger partial charge in [-0.15, -0.1) is 0 Å². The van der Waals surface area contributed by atoms with E-state index in [4.69, 9.17) is 9.84 Å². The van der Waals surface area contributed by atoms with Crippen LogP contribution in [0.2, 0.25) is 0 Å². The average Bonchev–Trinajstić information content (AvgIpc) is 2.30. The highest BCUT2D eigenvalue weighted by molar-refractivity contribution is 7.92. The van der Waals surface area contributed by atoms with Crippen molar-refractivity contribution in [3.8, 4) is 5.75 Å². The van der Waals surface area contributed by atoms with Crippen LogP contribution in [0, 0.1) is 13.8 Å². The van der Waals surface area contributed by atoms with Gasteiger partial charge in [-0.05, 0) is 51.3 Å². The third kappa shape index (κ3) is 3.96. The second-order valence-electron chi connectivity index (χ2n) is 6.00. The minimum atomic E-state index is -3.17. The van der Waals surface area contributed by atoms with E-state index in [1.807, 2.05) is 26.0 Å². The molecule has 0 saturated carbocycles. The molecule has 1 aromatic rings. The first-order valence-electron chi connectivity index (χ1n) is 6.64. The monoisotopic (exact) mass is 300 g/mol. The molecular formula is C15H24O4S. The standard InChI is InChI=1S/C15H24O4S/c1-11-8-13(10-16)9-12(2)14(11)19-6-7-20(17,18)15(3,4)5/h8-9,16H,6-7,10H2,1-5H3. The first-order chi connectivity index (χ1) is 9.08. The number of hydrogen-bond acceptors (Lipinski definition) is 4. The van der Waals surface area contributed by atoms with Crippen LogP contribution in [0.5, 0.6) is 5.75 Å². The maximum Gasteiger partial charge on any atom is 0.158 e. The van der Waals surface area contributed by atoms with Crippen LogP contribution in [-0.2, 0) is 16.4 Å². The average molecular weight is 300 g/mol. The molecule has 0 unspecified atom stereocenters. The fraction of sp³-hybridized carbons (Fsp3) is 0.600. The molecule has 0 radical (unpaired) electrons. The van der Waals surface area contributed by atoms with Gasteiger partial charge < -0.3 is 9.84 Å². The molecule has 0 aromatic heterocycles. The van der Waals surface area contributed by atoms with Crippen molar-refractivity contribution in [1.29, 1.82) is 0 Å². The Hall–Kier alpha value is -1.07. The quantitative estimate of drug-likeness (QED) is 0.907. The van der Waals surface area contributed by atoms with Crippen molar-refractivity contribution in [2.24, 2.45) is 0 Å². The predicted octanol–water partition coefficient (Wildman–Crippen LogP) is 2.39. The van der Waals surface area contributed by atoms with Crippen LogP contribution < -0.4 is 4.74 Å². The van der Waals surface area contributed by atoms with Crippen LogP contribution in [0.1, 0.15) is 37.5 Å². The molecule has 0 bridgehead atoms. The first-order valence-corrected chi connectivity index (χ1v) is 8.30. The van der Waals surface area contributed by atoms with Gasteiger partial charge in [-0.25, -0.2) is 8.42 Å². The number of rotatable bonds is 5. The third-order valence-electron chi connectivity index (χ3n) is 3.23. The van der Waals surface area contributed by atoms with Crippen LogP contribution >= 0.6 is 0 Å². The molecule has 20 heavy (non-hydrogen) atoms. The lowest BCUT2D eigenvalue weighted by atomic mass is 10.1. The van der Waals surface area contributed by atoms with Gasteiger partial charge in [-0.2, -0.15) is 0 Å². The van der Waals surface area contributed by atoms with Gasteiger partial charge in [0.15, 0.2) is 9.84 Å². The summed E-state index contributed by atoms with van der Waals surface area (Å²) in [6, 6.07) is 3.70. The van der Waals surface area contributed by atoms with E-state index < -0.39 is 14.6 Å². The van der Waals surface area contributed by atoms with Gasteiger partial charge in [-0.3, -0.25) is 0 Å². The van der Waals surface area contributed by atoms with Crippen molar-refractivity contribution in [3.63, 3.8) is 0 Å². The molecule has 0 aliphatic carbocycles. The number of aliphatic hydroxyl groups is 1. The smallest absolute Gasteiger partial charge is 0.158 e. The van der Waals surface area contributed by atoms with Gasteiger partial charge in [0.25, 0.3) is 0 Å². The molecule has 1 aromatic carbocycles. The fourth-order valence-corrected chi connectivity index (χ4v) is 2.83. The number of sulfone groups is 1. The molecule has 0 heterocycles. The number of aliphatic hydroxyl groups excluding tert-OH is 1. The van der Waals surface area contributed by atoms with Gasteiger partial charge in [0.05, 0.1) is 17.1 Å². The predicted molar refractivity (Wildman–Crippen MR) is 80.9 cm³/mol. The zero-order valence-electron chi connectivity index (χ0n) is 12.9. The third-order valence-corrected chi connectivity index (χ3v) is 5.80. The number of aryl methyl sites for hydroxylation is 2. The van der Waals surface area contributed by atoms with E-state index in [-0.39, 0.29) is 19.0 Å². The topological polar surface area (TPSA) is 63.6 Å². The number of hydrogen-bond donors (Lipinski definition) is 1. The Morgan fingerprint density at radius 1 is 1.15 bits per heavy atom. The highest BCUT2D eigenvalue weighted by Gasteiger charge is 2.28. The van der Waals surface area contributed by atoms with Gasteiger partial charge in [0, 0.05) is 0 Å². The molecule has 0 aliphatic heterocycles. The van der Waals surface area contributed by atoms with E-state index in [2.05, 4.69) is 0 Å². The van der Waals surface area contributed by atoms with E-state index in [1.54, 1.807) is 20.8 Å². The Morgan fingerprint density at radius 2 is 1.65 bits per heavy atom. The van der Waals surface area contributed by atoms with Crippen LogP contribution in [0.25, 0.3) is 0 Å². The Balaban J connectivity index is 2.78. The van der Waals surface area contributed by atoms with E-state index in [1.165, 1.54) is 0 Å². The molecule has 4 nitrogen and oxygen atoms in total. The van der Waals surface area contributed by atoms with Crippen molar-refractivity contribution in [3.05, 3.63) is 28.8 Å². The maximum absolute atomic E-state index is 12.0. The van der Waals surface area contributed by atoms with Crippen molar-refractivity contribution in [1.82, 2.24) is 0 Å². The highest BCUT2D eigenvalue weighted by atomic mass is 32.2. The van der Waals surface area contributed by atoms with Gasteiger partial charge in [0.2, 0.25) is 0 Å². The van der Waals surface area contributed by atoms with E-state index >= 15 is 0 Å². The van der Waals surface area contributed by atoms with Crippen molar-refractivity contribution < 1.29 is 18.3 Å². The van der Waals surface area contributed by atoms with Gasteiger partial charge >= 0.3 is 0 Å². The molecule has 114 valence electrons. The van der Waals surface area contributed by atoms with Crippen molar-refractivity contribution in [2.45, 2.75) is 46.0 Å². The zero-order valence-corrected chi connectivity index (χ0v) is 13.7.